The lowest BCUT2D eigenvalue weighted by atomic mass is 9.99. The van der Waals surface area contributed by atoms with Crippen molar-refractivity contribution in [1.29, 1.82) is 0 Å². The summed E-state index contributed by atoms with van der Waals surface area (Å²) in [6, 6.07) is 9.63. The molecule has 0 aliphatic rings. The minimum Gasteiger partial charge on any atom is -0.309 e. The Hall–Kier alpha value is -0.470. The first-order chi connectivity index (χ1) is 8.69. The van der Waals surface area contributed by atoms with Crippen LogP contribution in [0.5, 0.6) is 0 Å². The largest absolute Gasteiger partial charge is 0.309 e. The van der Waals surface area contributed by atoms with E-state index in [0.29, 0.717) is 12.0 Å². The zero-order chi connectivity index (χ0) is 13.4. The maximum absolute atomic E-state index is 3.65. The van der Waals surface area contributed by atoms with E-state index < -0.39 is 0 Å². The third-order valence-electron chi connectivity index (χ3n) is 3.13. The zero-order valence-corrected chi connectivity index (χ0v) is 13.0. The van der Waals surface area contributed by atoms with Gasteiger partial charge in [0.05, 0.1) is 0 Å². The van der Waals surface area contributed by atoms with Crippen molar-refractivity contribution in [2.75, 3.05) is 18.1 Å². The van der Waals surface area contributed by atoms with Crippen LogP contribution >= 0.6 is 11.8 Å². The van der Waals surface area contributed by atoms with E-state index in [-0.39, 0.29) is 0 Å². The maximum atomic E-state index is 3.65. The minimum absolute atomic E-state index is 0.496. The molecule has 0 aliphatic heterocycles. The fourth-order valence-electron chi connectivity index (χ4n) is 1.94. The molecule has 1 atom stereocenters. The van der Waals surface area contributed by atoms with Gasteiger partial charge in [0.25, 0.3) is 0 Å². The topological polar surface area (TPSA) is 12.0 Å². The normalized spacial score (nSPS) is 12.9. The van der Waals surface area contributed by atoms with Gasteiger partial charge >= 0.3 is 0 Å². The quantitative estimate of drug-likeness (QED) is 0.737. The number of nitrogens with one attached hydrogen (secondary N) is 1. The highest BCUT2D eigenvalue weighted by atomic mass is 32.2. The van der Waals surface area contributed by atoms with Gasteiger partial charge in [-0.3, -0.25) is 0 Å². The van der Waals surface area contributed by atoms with Crippen molar-refractivity contribution in [3.8, 4) is 0 Å². The molecule has 1 aromatic rings. The molecule has 1 unspecified atom stereocenters. The Bertz CT molecular complexity index is 310. The van der Waals surface area contributed by atoms with Crippen LogP contribution in [-0.4, -0.2) is 18.1 Å². The van der Waals surface area contributed by atoms with Crippen molar-refractivity contribution >= 4 is 11.8 Å². The minimum atomic E-state index is 0.496. The van der Waals surface area contributed by atoms with E-state index in [9.17, 15) is 0 Å². The van der Waals surface area contributed by atoms with Crippen LogP contribution in [0.1, 0.15) is 57.2 Å². The lowest BCUT2D eigenvalue weighted by Crippen LogP contribution is -2.24. The molecular weight excluding hydrogens is 238 g/mol. The van der Waals surface area contributed by atoms with Gasteiger partial charge in [0, 0.05) is 11.8 Å². The second-order valence-electron chi connectivity index (χ2n) is 4.99. The van der Waals surface area contributed by atoms with E-state index in [0.717, 1.165) is 12.3 Å². The van der Waals surface area contributed by atoms with Crippen LogP contribution in [0.15, 0.2) is 24.3 Å². The van der Waals surface area contributed by atoms with E-state index in [1.807, 2.05) is 11.8 Å². The average molecular weight is 265 g/mol. The Morgan fingerprint density at radius 2 is 1.67 bits per heavy atom. The second-order valence-corrected chi connectivity index (χ2v) is 6.31. The monoisotopic (exact) mass is 265 g/mol. The molecule has 1 nitrogen and oxygen atoms in total. The van der Waals surface area contributed by atoms with Crippen LogP contribution in [0.2, 0.25) is 0 Å². The Morgan fingerprint density at radius 3 is 2.17 bits per heavy atom. The first kappa shape index (κ1) is 15.6. The molecule has 0 amide bonds. The molecule has 0 saturated carbocycles. The standard InChI is InChI=1S/C16H27NS/c1-5-11-17-16(12-18-6-2)15-9-7-14(8-10-15)13(3)4/h7-10,13,16-17H,5-6,11-12H2,1-4H3. The highest BCUT2D eigenvalue weighted by Gasteiger charge is 2.10. The number of rotatable bonds is 8. The number of thioether (sulfide) groups is 1. The van der Waals surface area contributed by atoms with Crippen LogP contribution in [0.25, 0.3) is 0 Å². The van der Waals surface area contributed by atoms with Crippen LogP contribution < -0.4 is 5.32 Å². The third kappa shape index (κ3) is 5.03. The van der Waals surface area contributed by atoms with E-state index in [1.54, 1.807) is 0 Å². The highest BCUT2D eigenvalue weighted by molar-refractivity contribution is 7.99. The Morgan fingerprint density at radius 1 is 1.06 bits per heavy atom. The van der Waals surface area contributed by atoms with Crippen LogP contribution in [0, 0.1) is 0 Å². The second kappa shape index (κ2) is 8.60. The molecule has 0 aliphatic carbocycles. The predicted octanol–water partition coefficient (Wildman–Crippen LogP) is 4.60. The van der Waals surface area contributed by atoms with Crippen LogP contribution in [-0.2, 0) is 0 Å². The lowest BCUT2D eigenvalue weighted by Gasteiger charge is -2.19. The van der Waals surface area contributed by atoms with Crippen LogP contribution in [0.3, 0.4) is 0 Å². The molecule has 1 rings (SSSR count). The van der Waals surface area contributed by atoms with Gasteiger partial charge < -0.3 is 5.32 Å². The van der Waals surface area contributed by atoms with E-state index in [4.69, 9.17) is 0 Å². The van der Waals surface area contributed by atoms with Crippen molar-refractivity contribution in [1.82, 2.24) is 5.32 Å². The molecular formula is C16H27NS. The Labute approximate surface area is 117 Å². The van der Waals surface area contributed by atoms with Gasteiger partial charge in [-0.05, 0) is 35.8 Å². The molecule has 102 valence electrons. The summed E-state index contributed by atoms with van der Waals surface area (Å²) in [7, 11) is 0. The van der Waals surface area contributed by atoms with Crippen molar-refractivity contribution in [2.45, 2.75) is 46.1 Å². The third-order valence-corrected chi connectivity index (χ3v) is 4.11. The molecule has 0 radical (unpaired) electrons. The van der Waals surface area contributed by atoms with Gasteiger partial charge in [0.2, 0.25) is 0 Å². The first-order valence-electron chi connectivity index (χ1n) is 7.10. The van der Waals surface area contributed by atoms with Crippen LogP contribution in [0.4, 0.5) is 0 Å². The average Bonchev–Trinajstić information content (AvgIpc) is 2.39. The summed E-state index contributed by atoms with van der Waals surface area (Å²) in [5.41, 5.74) is 2.85. The lowest BCUT2D eigenvalue weighted by molar-refractivity contribution is 0.577. The van der Waals surface area contributed by atoms with E-state index >= 15 is 0 Å². The summed E-state index contributed by atoms with van der Waals surface area (Å²) in [6.45, 7) is 10.0. The van der Waals surface area contributed by atoms with Crippen molar-refractivity contribution in [3.05, 3.63) is 35.4 Å². The zero-order valence-electron chi connectivity index (χ0n) is 12.2. The van der Waals surface area contributed by atoms with Crippen molar-refractivity contribution < 1.29 is 0 Å². The Balaban J connectivity index is 2.70. The fraction of sp³-hybridized carbons (Fsp3) is 0.625. The summed E-state index contributed by atoms with van der Waals surface area (Å²) in [5, 5.41) is 3.65. The summed E-state index contributed by atoms with van der Waals surface area (Å²) in [4.78, 5) is 0. The smallest absolute Gasteiger partial charge is 0.0411 e. The summed E-state index contributed by atoms with van der Waals surface area (Å²) in [6.07, 6.45) is 1.19. The summed E-state index contributed by atoms with van der Waals surface area (Å²) < 4.78 is 0. The molecule has 18 heavy (non-hydrogen) atoms. The fourth-order valence-corrected chi connectivity index (χ4v) is 2.72. The molecule has 2 heteroatoms. The molecule has 0 fully saturated rings. The number of benzene rings is 1. The van der Waals surface area contributed by atoms with E-state index in [1.165, 1.54) is 23.3 Å². The van der Waals surface area contributed by atoms with Gasteiger partial charge in [-0.1, -0.05) is 52.0 Å². The molecule has 1 N–H and O–H groups in total. The maximum Gasteiger partial charge on any atom is 0.0411 e. The molecule has 1 aromatic carbocycles. The number of hydrogen-bond acceptors (Lipinski definition) is 2. The van der Waals surface area contributed by atoms with Gasteiger partial charge in [-0.2, -0.15) is 11.8 Å². The molecule has 0 aromatic heterocycles. The van der Waals surface area contributed by atoms with Gasteiger partial charge in [0.1, 0.15) is 0 Å². The van der Waals surface area contributed by atoms with Gasteiger partial charge in [0.15, 0.2) is 0 Å². The van der Waals surface area contributed by atoms with Gasteiger partial charge in [-0.15, -0.1) is 0 Å². The summed E-state index contributed by atoms with van der Waals surface area (Å²) in [5.74, 6) is 2.97. The predicted molar refractivity (Wildman–Crippen MR) is 84.6 cm³/mol. The molecule has 0 spiro atoms. The summed E-state index contributed by atoms with van der Waals surface area (Å²) >= 11 is 2.01. The molecule has 0 heterocycles. The van der Waals surface area contributed by atoms with Gasteiger partial charge in [-0.25, -0.2) is 0 Å². The SMILES string of the molecule is CCCNC(CSCC)c1ccc(C(C)C)cc1. The number of hydrogen-bond donors (Lipinski definition) is 1. The first-order valence-corrected chi connectivity index (χ1v) is 8.25. The Kier molecular flexibility index (Phi) is 7.45. The highest BCUT2D eigenvalue weighted by Crippen LogP contribution is 2.21. The van der Waals surface area contributed by atoms with Crippen molar-refractivity contribution in [3.63, 3.8) is 0 Å². The van der Waals surface area contributed by atoms with Crippen molar-refractivity contribution in [2.24, 2.45) is 0 Å². The van der Waals surface area contributed by atoms with E-state index in [2.05, 4.69) is 57.3 Å². The molecule has 0 bridgehead atoms. The molecule has 0 saturated heterocycles.